The maximum absolute atomic E-state index is 11.9. The first-order valence-electron chi connectivity index (χ1n) is 10.2. The smallest absolute Gasteiger partial charge is 0.309 e. The van der Waals surface area contributed by atoms with Crippen LogP contribution in [0.1, 0.15) is 45.4 Å². The molecule has 1 aliphatic heterocycles. The molecule has 2 fully saturated rings. The van der Waals surface area contributed by atoms with Crippen LogP contribution in [0.25, 0.3) is 0 Å². The number of rotatable bonds is 6. The minimum Gasteiger partial charge on any atom is -0.466 e. The zero-order valence-corrected chi connectivity index (χ0v) is 16.0. The summed E-state index contributed by atoms with van der Waals surface area (Å²) in [7, 11) is 0. The standard InChI is InChI=1S/C21H33N3O2/c1-2-26-21(25)17-11-13-24(14-12-17)20-9-7-19(8-10-20)23-15-16-3-5-18(22)6-4-16/h7-10,16-18,23H,2-6,11-15,22H2,1H3/t16-,18-. The predicted octanol–water partition coefficient (Wildman–Crippen LogP) is 3.40. The van der Waals surface area contributed by atoms with Crippen molar-refractivity contribution >= 4 is 17.3 Å². The number of esters is 1. The normalized spacial score (nSPS) is 24.3. The van der Waals surface area contributed by atoms with Crippen LogP contribution < -0.4 is 16.0 Å². The van der Waals surface area contributed by atoms with E-state index in [4.69, 9.17) is 10.5 Å². The molecule has 0 radical (unpaired) electrons. The molecule has 0 amide bonds. The number of ether oxygens (including phenoxy) is 1. The largest absolute Gasteiger partial charge is 0.466 e. The third-order valence-electron chi connectivity index (χ3n) is 5.83. The van der Waals surface area contributed by atoms with Gasteiger partial charge in [0, 0.05) is 37.1 Å². The molecule has 3 rings (SSSR count). The van der Waals surface area contributed by atoms with Crippen LogP contribution in [0.5, 0.6) is 0 Å². The molecule has 1 heterocycles. The summed E-state index contributed by atoms with van der Waals surface area (Å²) in [4.78, 5) is 14.2. The highest BCUT2D eigenvalue weighted by molar-refractivity contribution is 5.73. The predicted molar refractivity (Wildman–Crippen MR) is 106 cm³/mol. The van der Waals surface area contributed by atoms with Gasteiger partial charge in [0.1, 0.15) is 0 Å². The van der Waals surface area contributed by atoms with Gasteiger partial charge in [-0.25, -0.2) is 0 Å². The molecule has 2 aliphatic rings. The van der Waals surface area contributed by atoms with Crippen molar-refractivity contribution in [3.8, 4) is 0 Å². The topological polar surface area (TPSA) is 67.6 Å². The Bertz CT molecular complexity index is 559. The first kappa shape index (κ1) is 19.0. The van der Waals surface area contributed by atoms with E-state index in [1.54, 1.807) is 0 Å². The SMILES string of the molecule is CCOC(=O)C1CCN(c2ccc(NC[C@H]3CC[C@H](N)CC3)cc2)CC1. The molecule has 3 N–H and O–H groups in total. The highest BCUT2D eigenvalue weighted by atomic mass is 16.5. The number of piperidine rings is 1. The van der Waals surface area contributed by atoms with E-state index >= 15 is 0 Å². The highest BCUT2D eigenvalue weighted by Crippen LogP contribution is 2.26. The monoisotopic (exact) mass is 359 g/mol. The summed E-state index contributed by atoms with van der Waals surface area (Å²) in [5.74, 6) is 0.780. The van der Waals surface area contributed by atoms with Gasteiger partial charge < -0.3 is 20.7 Å². The maximum Gasteiger partial charge on any atom is 0.309 e. The Kier molecular flexibility index (Phi) is 6.78. The lowest BCUT2D eigenvalue weighted by atomic mass is 9.86. The molecule has 0 atom stereocenters. The summed E-state index contributed by atoms with van der Waals surface area (Å²) in [5, 5.41) is 3.57. The lowest BCUT2D eigenvalue weighted by Crippen LogP contribution is -2.36. The van der Waals surface area contributed by atoms with Crippen LogP contribution >= 0.6 is 0 Å². The number of nitrogens with two attached hydrogens (primary N) is 1. The molecule has 26 heavy (non-hydrogen) atoms. The van der Waals surface area contributed by atoms with E-state index < -0.39 is 0 Å². The van der Waals surface area contributed by atoms with Gasteiger partial charge in [0.15, 0.2) is 0 Å². The van der Waals surface area contributed by atoms with Gasteiger partial charge in [0.2, 0.25) is 0 Å². The van der Waals surface area contributed by atoms with E-state index in [0.717, 1.165) is 51.2 Å². The second kappa shape index (κ2) is 9.26. The fourth-order valence-corrected chi connectivity index (χ4v) is 4.08. The Morgan fingerprint density at radius 2 is 1.77 bits per heavy atom. The number of nitrogens with zero attached hydrogens (tertiary/aromatic N) is 1. The molecule has 5 nitrogen and oxygen atoms in total. The first-order valence-corrected chi connectivity index (χ1v) is 10.2. The van der Waals surface area contributed by atoms with E-state index in [0.29, 0.717) is 12.6 Å². The Morgan fingerprint density at radius 1 is 1.12 bits per heavy atom. The van der Waals surface area contributed by atoms with Crippen molar-refractivity contribution in [3.63, 3.8) is 0 Å². The molecule has 1 aromatic rings. The van der Waals surface area contributed by atoms with Crippen molar-refractivity contribution in [1.82, 2.24) is 0 Å². The molecule has 0 spiro atoms. The van der Waals surface area contributed by atoms with Crippen molar-refractivity contribution < 1.29 is 9.53 Å². The lowest BCUT2D eigenvalue weighted by molar-refractivity contribution is -0.148. The van der Waals surface area contributed by atoms with Crippen molar-refractivity contribution in [2.75, 3.05) is 36.5 Å². The van der Waals surface area contributed by atoms with E-state index in [1.807, 2.05) is 6.92 Å². The molecule has 144 valence electrons. The van der Waals surface area contributed by atoms with Crippen LogP contribution in [0.3, 0.4) is 0 Å². The van der Waals surface area contributed by atoms with Gasteiger partial charge in [0.25, 0.3) is 0 Å². The van der Waals surface area contributed by atoms with Gasteiger partial charge in [-0.1, -0.05) is 0 Å². The van der Waals surface area contributed by atoms with E-state index in [1.165, 1.54) is 24.2 Å². The molecule has 0 aromatic heterocycles. The van der Waals surface area contributed by atoms with Crippen molar-refractivity contribution in [1.29, 1.82) is 0 Å². The Morgan fingerprint density at radius 3 is 2.38 bits per heavy atom. The lowest BCUT2D eigenvalue weighted by Gasteiger charge is -2.32. The molecular formula is C21H33N3O2. The van der Waals surface area contributed by atoms with Crippen molar-refractivity contribution in [2.45, 2.75) is 51.5 Å². The van der Waals surface area contributed by atoms with Gasteiger partial charge in [0.05, 0.1) is 12.5 Å². The Balaban J connectivity index is 1.44. The van der Waals surface area contributed by atoms with Crippen LogP contribution in [-0.4, -0.2) is 38.3 Å². The van der Waals surface area contributed by atoms with E-state index in [-0.39, 0.29) is 11.9 Å². The van der Waals surface area contributed by atoms with Gasteiger partial charge in [-0.3, -0.25) is 4.79 Å². The molecule has 0 unspecified atom stereocenters. The fourth-order valence-electron chi connectivity index (χ4n) is 4.08. The molecule has 1 aromatic carbocycles. The van der Waals surface area contributed by atoms with Gasteiger partial charge in [-0.15, -0.1) is 0 Å². The number of carbonyl (C=O) groups is 1. The highest BCUT2D eigenvalue weighted by Gasteiger charge is 2.26. The van der Waals surface area contributed by atoms with Crippen molar-refractivity contribution in [2.24, 2.45) is 17.6 Å². The van der Waals surface area contributed by atoms with Crippen LogP contribution in [-0.2, 0) is 9.53 Å². The molecule has 5 heteroatoms. The number of hydrogen-bond donors (Lipinski definition) is 2. The molecule has 1 saturated heterocycles. The van der Waals surface area contributed by atoms with Crippen LogP contribution in [0.2, 0.25) is 0 Å². The van der Waals surface area contributed by atoms with Crippen LogP contribution in [0, 0.1) is 11.8 Å². The number of carbonyl (C=O) groups excluding carboxylic acids is 1. The summed E-state index contributed by atoms with van der Waals surface area (Å²) in [6.45, 7) is 5.21. The third-order valence-corrected chi connectivity index (χ3v) is 5.83. The quantitative estimate of drug-likeness (QED) is 0.762. The second-order valence-corrected chi connectivity index (χ2v) is 7.72. The summed E-state index contributed by atoms with van der Waals surface area (Å²) in [6.07, 6.45) is 6.55. The molecular weight excluding hydrogens is 326 g/mol. The molecule has 0 bridgehead atoms. The first-order chi connectivity index (χ1) is 12.7. The van der Waals surface area contributed by atoms with Gasteiger partial charge >= 0.3 is 5.97 Å². The zero-order valence-electron chi connectivity index (χ0n) is 16.0. The average Bonchev–Trinajstić information content (AvgIpc) is 2.68. The number of anilines is 2. The molecule has 1 aliphatic carbocycles. The summed E-state index contributed by atoms with van der Waals surface area (Å²) in [5.41, 5.74) is 8.40. The zero-order chi connectivity index (χ0) is 18.4. The molecule has 1 saturated carbocycles. The minimum absolute atomic E-state index is 0.0321. The van der Waals surface area contributed by atoms with Gasteiger partial charge in [-0.05, 0) is 75.6 Å². The van der Waals surface area contributed by atoms with E-state index in [2.05, 4.69) is 34.5 Å². The summed E-state index contributed by atoms with van der Waals surface area (Å²) < 4.78 is 5.15. The van der Waals surface area contributed by atoms with E-state index in [9.17, 15) is 4.79 Å². The average molecular weight is 360 g/mol. The van der Waals surface area contributed by atoms with Gasteiger partial charge in [-0.2, -0.15) is 0 Å². The number of hydrogen-bond acceptors (Lipinski definition) is 5. The van der Waals surface area contributed by atoms with Crippen LogP contribution in [0.15, 0.2) is 24.3 Å². The third kappa shape index (κ3) is 5.13. The fraction of sp³-hybridized carbons (Fsp3) is 0.667. The Hall–Kier alpha value is -1.75. The Labute approximate surface area is 157 Å². The van der Waals surface area contributed by atoms with Crippen LogP contribution in [0.4, 0.5) is 11.4 Å². The number of nitrogens with one attached hydrogen (secondary N) is 1. The summed E-state index contributed by atoms with van der Waals surface area (Å²) >= 11 is 0. The summed E-state index contributed by atoms with van der Waals surface area (Å²) in [6, 6.07) is 9.12. The maximum atomic E-state index is 11.9. The second-order valence-electron chi connectivity index (χ2n) is 7.72. The number of benzene rings is 1. The van der Waals surface area contributed by atoms with Crippen molar-refractivity contribution in [3.05, 3.63) is 24.3 Å². The minimum atomic E-state index is -0.0321.